The minimum absolute atomic E-state index is 0.331. The Morgan fingerprint density at radius 1 is 1.00 bits per heavy atom. The van der Waals surface area contributed by atoms with Crippen LogP contribution in [-0.2, 0) is 0 Å². The molecule has 0 spiro atoms. The third kappa shape index (κ3) is 3.05. The van der Waals surface area contributed by atoms with Gasteiger partial charge in [0.15, 0.2) is 5.82 Å². The second kappa shape index (κ2) is 6.15. The van der Waals surface area contributed by atoms with Gasteiger partial charge in [-0.2, -0.15) is 0 Å². The molecule has 6 nitrogen and oxygen atoms in total. The van der Waals surface area contributed by atoms with Gasteiger partial charge in [0.2, 0.25) is 0 Å². The van der Waals surface area contributed by atoms with Crippen molar-refractivity contribution in [2.45, 2.75) is 0 Å². The van der Waals surface area contributed by atoms with E-state index in [1.165, 1.54) is 11.0 Å². The molecule has 2 heterocycles. The number of hydrogen-bond acceptors (Lipinski definition) is 5. The van der Waals surface area contributed by atoms with Crippen LogP contribution in [0.25, 0.3) is 0 Å². The molecule has 1 fully saturated rings. The highest BCUT2D eigenvalue weighted by molar-refractivity contribution is 5.95. The number of carbonyl (C=O) groups is 1. The Hall–Kier alpha value is -2.77. The number of anilines is 2. The molecule has 1 aromatic heterocycles. The monoisotopic (exact) mass is 319 g/mol. The minimum Gasteiger partial charge on any atom is -0.382 e. The summed E-state index contributed by atoms with van der Waals surface area (Å²) in [6.07, 6.45) is 0. The van der Waals surface area contributed by atoms with E-state index in [4.69, 9.17) is 5.73 Å². The third-order valence-electron chi connectivity index (χ3n) is 3.74. The lowest BCUT2D eigenvalue weighted by atomic mass is 10.1. The van der Waals surface area contributed by atoms with Crippen molar-refractivity contribution in [1.29, 1.82) is 0 Å². The molecule has 1 saturated heterocycles. The van der Waals surface area contributed by atoms with Gasteiger partial charge in [-0.25, -0.2) is 8.78 Å². The van der Waals surface area contributed by atoms with Gasteiger partial charge in [-0.15, -0.1) is 10.2 Å². The summed E-state index contributed by atoms with van der Waals surface area (Å²) in [5, 5.41) is 7.77. The largest absolute Gasteiger partial charge is 0.382 e. The first kappa shape index (κ1) is 15.1. The Labute approximate surface area is 131 Å². The summed E-state index contributed by atoms with van der Waals surface area (Å²) < 4.78 is 27.4. The molecule has 1 aliphatic rings. The van der Waals surface area contributed by atoms with E-state index in [9.17, 15) is 13.6 Å². The van der Waals surface area contributed by atoms with E-state index in [1.54, 1.807) is 12.1 Å². The third-order valence-corrected chi connectivity index (χ3v) is 3.74. The summed E-state index contributed by atoms with van der Waals surface area (Å²) in [4.78, 5) is 15.7. The zero-order valence-corrected chi connectivity index (χ0v) is 12.2. The number of amides is 1. The van der Waals surface area contributed by atoms with Crippen molar-refractivity contribution in [1.82, 2.24) is 15.1 Å². The molecule has 0 radical (unpaired) electrons. The molecule has 8 heteroatoms. The van der Waals surface area contributed by atoms with E-state index in [2.05, 4.69) is 10.2 Å². The maximum absolute atomic E-state index is 13.7. The van der Waals surface area contributed by atoms with Crippen LogP contribution in [0.2, 0.25) is 0 Å². The maximum Gasteiger partial charge on any atom is 0.259 e. The molecule has 1 aromatic carbocycles. The van der Waals surface area contributed by atoms with Gasteiger partial charge in [-0.05, 0) is 24.3 Å². The lowest BCUT2D eigenvalue weighted by molar-refractivity contribution is 0.0736. The molecule has 0 aliphatic carbocycles. The number of benzene rings is 1. The molecular weight excluding hydrogens is 304 g/mol. The second-order valence-electron chi connectivity index (χ2n) is 5.19. The van der Waals surface area contributed by atoms with Crippen LogP contribution < -0.4 is 10.6 Å². The minimum atomic E-state index is -0.846. The number of piperazine rings is 1. The Balaban J connectivity index is 1.69. The highest BCUT2D eigenvalue weighted by Gasteiger charge is 2.26. The van der Waals surface area contributed by atoms with Crippen molar-refractivity contribution < 1.29 is 13.6 Å². The first-order valence-electron chi connectivity index (χ1n) is 7.13. The van der Waals surface area contributed by atoms with Gasteiger partial charge in [0.1, 0.15) is 23.0 Å². The molecule has 0 saturated carbocycles. The van der Waals surface area contributed by atoms with Gasteiger partial charge in [0.05, 0.1) is 0 Å². The Kier molecular flexibility index (Phi) is 4.05. The number of hydrogen-bond donors (Lipinski definition) is 1. The van der Waals surface area contributed by atoms with Crippen molar-refractivity contribution >= 4 is 17.5 Å². The number of rotatable bonds is 2. The molecule has 23 heavy (non-hydrogen) atoms. The van der Waals surface area contributed by atoms with Gasteiger partial charge < -0.3 is 15.5 Å². The van der Waals surface area contributed by atoms with Crippen LogP contribution in [0.1, 0.15) is 10.4 Å². The molecule has 120 valence electrons. The van der Waals surface area contributed by atoms with Crippen LogP contribution in [0.4, 0.5) is 20.4 Å². The molecule has 0 bridgehead atoms. The second-order valence-corrected chi connectivity index (χ2v) is 5.19. The Morgan fingerprint density at radius 3 is 2.22 bits per heavy atom. The summed E-state index contributed by atoms with van der Waals surface area (Å²) >= 11 is 0. The number of nitrogens with zero attached hydrogens (tertiary/aromatic N) is 4. The van der Waals surface area contributed by atoms with E-state index in [0.29, 0.717) is 37.8 Å². The average Bonchev–Trinajstić information content (AvgIpc) is 2.55. The van der Waals surface area contributed by atoms with E-state index < -0.39 is 23.1 Å². The van der Waals surface area contributed by atoms with Gasteiger partial charge in [0.25, 0.3) is 5.91 Å². The fraction of sp³-hybridized carbons (Fsp3) is 0.267. The van der Waals surface area contributed by atoms with Crippen molar-refractivity contribution in [3.05, 3.63) is 47.5 Å². The van der Waals surface area contributed by atoms with Crippen molar-refractivity contribution in [2.75, 3.05) is 36.8 Å². The first-order chi connectivity index (χ1) is 11.1. The van der Waals surface area contributed by atoms with Crippen molar-refractivity contribution in [2.24, 2.45) is 0 Å². The predicted molar refractivity (Wildman–Crippen MR) is 80.9 cm³/mol. The number of halogens is 2. The number of nitrogens with two attached hydrogens (primary N) is 1. The van der Waals surface area contributed by atoms with Crippen LogP contribution in [0.15, 0.2) is 30.3 Å². The molecule has 2 aromatic rings. The lowest BCUT2D eigenvalue weighted by Gasteiger charge is -2.35. The van der Waals surface area contributed by atoms with E-state index in [-0.39, 0.29) is 0 Å². The van der Waals surface area contributed by atoms with Crippen LogP contribution >= 0.6 is 0 Å². The highest BCUT2D eigenvalue weighted by atomic mass is 19.1. The van der Waals surface area contributed by atoms with Gasteiger partial charge in [-0.1, -0.05) is 6.07 Å². The quantitative estimate of drug-likeness (QED) is 0.903. The van der Waals surface area contributed by atoms with Crippen LogP contribution in [-0.4, -0.2) is 47.2 Å². The maximum atomic E-state index is 13.7. The summed E-state index contributed by atoms with van der Waals surface area (Å²) in [6.45, 7) is 1.69. The number of carbonyl (C=O) groups excluding carboxylic acids is 1. The van der Waals surface area contributed by atoms with Crippen molar-refractivity contribution in [3.8, 4) is 0 Å². The van der Waals surface area contributed by atoms with E-state index >= 15 is 0 Å². The summed E-state index contributed by atoms with van der Waals surface area (Å²) in [7, 11) is 0. The van der Waals surface area contributed by atoms with E-state index in [0.717, 1.165) is 12.1 Å². The fourth-order valence-corrected chi connectivity index (χ4v) is 2.50. The van der Waals surface area contributed by atoms with Crippen molar-refractivity contribution in [3.63, 3.8) is 0 Å². The predicted octanol–water partition coefficient (Wildman–Crippen LogP) is 1.30. The Morgan fingerprint density at radius 2 is 1.65 bits per heavy atom. The smallest absolute Gasteiger partial charge is 0.259 e. The molecule has 1 aliphatic heterocycles. The lowest BCUT2D eigenvalue weighted by Crippen LogP contribution is -2.49. The van der Waals surface area contributed by atoms with Crippen LogP contribution in [0.3, 0.4) is 0 Å². The number of nitrogen functional groups attached to an aromatic ring is 1. The zero-order chi connectivity index (χ0) is 16.4. The Bertz CT molecular complexity index is 694. The van der Waals surface area contributed by atoms with Gasteiger partial charge >= 0.3 is 0 Å². The van der Waals surface area contributed by atoms with Crippen LogP contribution in [0, 0.1) is 11.6 Å². The number of aromatic nitrogens is 2. The first-order valence-corrected chi connectivity index (χ1v) is 7.13. The summed E-state index contributed by atoms with van der Waals surface area (Å²) in [5.41, 5.74) is 4.99. The normalized spacial score (nSPS) is 14.9. The van der Waals surface area contributed by atoms with E-state index in [1.807, 2.05) is 4.90 Å². The standard InChI is InChI=1S/C15H15F2N5O/c16-10-2-1-3-11(17)14(10)15(23)22-8-6-21(7-9-22)13-5-4-12(18)19-20-13/h1-5H,6-9H2,(H2,18,19). The van der Waals surface area contributed by atoms with Gasteiger partial charge in [-0.3, -0.25) is 4.79 Å². The summed E-state index contributed by atoms with van der Waals surface area (Å²) in [5.74, 6) is -1.34. The molecular formula is C15H15F2N5O. The topological polar surface area (TPSA) is 75.3 Å². The molecule has 2 N–H and O–H groups in total. The average molecular weight is 319 g/mol. The fourth-order valence-electron chi connectivity index (χ4n) is 2.50. The SMILES string of the molecule is Nc1ccc(N2CCN(C(=O)c3c(F)cccc3F)CC2)nn1. The molecule has 0 atom stereocenters. The molecule has 3 rings (SSSR count). The van der Waals surface area contributed by atoms with Gasteiger partial charge in [0, 0.05) is 26.2 Å². The molecule has 1 amide bonds. The van der Waals surface area contributed by atoms with Crippen LogP contribution in [0.5, 0.6) is 0 Å². The molecule has 0 unspecified atom stereocenters. The highest BCUT2D eigenvalue weighted by Crippen LogP contribution is 2.18. The summed E-state index contributed by atoms with van der Waals surface area (Å²) in [6, 6.07) is 6.79. The zero-order valence-electron chi connectivity index (χ0n) is 12.2.